The van der Waals surface area contributed by atoms with Crippen LogP contribution in [0, 0.1) is 17.8 Å². The lowest BCUT2D eigenvalue weighted by molar-refractivity contribution is -0.155. The number of amides is 3. The molecule has 150 valence electrons. The topological polar surface area (TPSA) is 57.7 Å². The summed E-state index contributed by atoms with van der Waals surface area (Å²) in [6, 6.07) is 15.9. The van der Waals surface area contributed by atoms with Crippen molar-refractivity contribution in [1.29, 1.82) is 0 Å². The molecule has 29 heavy (non-hydrogen) atoms. The Hall–Kier alpha value is -2.66. The van der Waals surface area contributed by atoms with Crippen LogP contribution in [0.5, 0.6) is 0 Å². The summed E-state index contributed by atoms with van der Waals surface area (Å²) >= 11 is 5.95. The van der Waals surface area contributed by atoms with Gasteiger partial charge in [0, 0.05) is 10.6 Å². The van der Waals surface area contributed by atoms with Gasteiger partial charge in [-0.3, -0.25) is 14.4 Å². The van der Waals surface area contributed by atoms with Gasteiger partial charge in [-0.2, -0.15) is 5.01 Å². The monoisotopic (exact) mass is 410 g/mol. The number of halogens is 1. The lowest BCUT2D eigenvalue weighted by atomic mass is 9.76. The van der Waals surface area contributed by atoms with Gasteiger partial charge < -0.3 is 0 Å². The molecule has 6 heteroatoms. The molecule has 0 N–H and O–H groups in total. The molecule has 1 heterocycles. The van der Waals surface area contributed by atoms with E-state index in [0.717, 1.165) is 17.0 Å². The van der Waals surface area contributed by atoms with Crippen LogP contribution in [0.1, 0.15) is 42.1 Å². The van der Waals surface area contributed by atoms with Crippen molar-refractivity contribution < 1.29 is 14.4 Å². The van der Waals surface area contributed by atoms with Gasteiger partial charge in [0.1, 0.15) is 0 Å². The van der Waals surface area contributed by atoms with Crippen LogP contribution in [0.25, 0.3) is 0 Å². The standard InChI is InChI=1S/C23H23ClN2O3/c1-15-7-12-19-20(13-15)23(29)26(22(19)28)25(14-16-5-3-2-4-6-16)21(27)17-8-10-18(24)11-9-17/h2-6,8-11,15,19-20H,7,12-14H2,1H3/t15-,19+,20+/m1/s1. The summed E-state index contributed by atoms with van der Waals surface area (Å²) in [7, 11) is 0. The number of fused-ring (bicyclic) bond motifs is 1. The van der Waals surface area contributed by atoms with Crippen molar-refractivity contribution in [3.05, 3.63) is 70.7 Å². The zero-order chi connectivity index (χ0) is 20.5. The van der Waals surface area contributed by atoms with Gasteiger partial charge in [0.15, 0.2) is 0 Å². The molecule has 0 unspecified atom stereocenters. The first kappa shape index (κ1) is 19.6. The van der Waals surface area contributed by atoms with Crippen LogP contribution in [0.15, 0.2) is 54.6 Å². The van der Waals surface area contributed by atoms with Gasteiger partial charge in [0.05, 0.1) is 18.4 Å². The minimum atomic E-state index is -0.390. The Kier molecular flexibility index (Phi) is 5.41. The van der Waals surface area contributed by atoms with Gasteiger partial charge in [-0.1, -0.05) is 48.9 Å². The molecule has 2 aromatic carbocycles. The molecule has 5 nitrogen and oxygen atoms in total. The van der Waals surface area contributed by atoms with Gasteiger partial charge in [-0.25, -0.2) is 5.01 Å². The van der Waals surface area contributed by atoms with E-state index in [1.165, 1.54) is 5.01 Å². The Morgan fingerprint density at radius 3 is 2.34 bits per heavy atom. The van der Waals surface area contributed by atoms with E-state index in [1.807, 2.05) is 30.3 Å². The molecule has 2 fully saturated rings. The van der Waals surface area contributed by atoms with Gasteiger partial charge in [-0.15, -0.1) is 0 Å². The van der Waals surface area contributed by atoms with E-state index in [2.05, 4.69) is 6.92 Å². The molecule has 1 aliphatic carbocycles. The highest BCUT2D eigenvalue weighted by Crippen LogP contribution is 2.41. The van der Waals surface area contributed by atoms with Crippen LogP contribution in [-0.2, 0) is 16.1 Å². The summed E-state index contributed by atoms with van der Waals surface area (Å²) in [5.74, 6) is -1.16. The average Bonchev–Trinajstić information content (AvgIpc) is 2.97. The molecule has 2 aromatic rings. The number of hydrogen-bond donors (Lipinski definition) is 0. The molecule has 2 aliphatic rings. The number of nitrogens with zero attached hydrogens (tertiary/aromatic N) is 2. The number of carbonyl (C=O) groups is 3. The number of benzene rings is 2. The van der Waals surface area contributed by atoms with Gasteiger partial charge in [0.25, 0.3) is 17.7 Å². The van der Waals surface area contributed by atoms with Crippen molar-refractivity contribution in [3.63, 3.8) is 0 Å². The Labute approximate surface area is 175 Å². The second-order valence-electron chi connectivity index (χ2n) is 7.97. The molecule has 1 saturated heterocycles. The van der Waals surface area contributed by atoms with E-state index in [1.54, 1.807) is 24.3 Å². The van der Waals surface area contributed by atoms with Gasteiger partial charge >= 0.3 is 0 Å². The molecule has 3 atom stereocenters. The Morgan fingerprint density at radius 2 is 1.66 bits per heavy atom. The predicted octanol–water partition coefficient (Wildman–Crippen LogP) is 4.32. The first-order chi connectivity index (χ1) is 14.0. The fourth-order valence-electron chi connectivity index (χ4n) is 4.34. The maximum absolute atomic E-state index is 13.3. The smallest absolute Gasteiger partial charge is 0.272 e. The average molecular weight is 411 g/mol. The van der Waals surface area contributed by atoms with Crippen LogP contribution in [0.4, 0.5) is 0 Å². The third kappa shape index (κ3) is 3.79. The summed E-state index contributed by atoms with van der Waals surface area (Å²) in [5.41, 5.74) is 1.23. The second-order valence-corrected chi connectivity index (χ2v) is 8.41. The lowest BCUT2D eigenvalue weighted by Gasteiger charge is -2.30. The highest BCUT2D eigenvalue weighted by atomic mass is 35.5. The highest BCUT2D eigenvalue weighted by Gasteiger charge is 2.52. The molecule has 4 rings (SSSR count). The summed E-state index contributed by atoms with van der Waals surface area (Å²) in [6.45, 7) is 2.26. The predicted molar refractivity (Wildman–Crippen MR) is 110 cm³/mol. The summed E-state index contributed by atoms with van der Waals surface area (Å²) in [6.07, 6.45) is 2.32. The number of hydrogen-bond acceptors (Lipinski definition) is 3. The zero-order valence-corrected chi connectivity index (χ0v) is 17.0. The first-order valence-corrected chi connectivity index (χ1v) is 10.3. The van der Waals surface area contributed by atoms with Crippen molar-refractivity contribution in [3.8, 4) is 0 Å². The number of rotatable bonds is 4. The minimum absolute atomic E-state index is 0.148. The van der Waals surface area contributed by atoms with Crippen molar-refractivity contribution in [2.24, 2.45) is 17.8 Å². The Bertz CT molecular complexity index is 929. The quantitative estimate of drug-likeness (QED) is 0.705. The molecule has 0 spiro atoms. The summed E-state index contributed by atoms with van der Waals surface area (Å²) in [5, 5.41) is 2.92. The van der Waals surface area contributed by atoms with E-state index in [4.69, 9.17) is 11.6 Å². The molecule has 0 bridgehead atoms. The van der Waals surface area contributed by atoms with Crippen molar-refractivity contribution >= 4 is 29.3 Å². The molecule has 0 aromatic heterocycles. The number of imide groups is 1. The van der Waals surface area contributed by atoms with E-state index >= 15 is 0 Å². The molecular formula is C23H23ClN2O3. The minimum Gasteiger partial charge on any atom is -0.272 e. The van der Waals surface area contributed by atoms with Gasteiger partial charge in [-0.05, 0) is 55.0 Å². The first-order valence-electron chi connectivity index (χ1n) is 9.95. The van der Waals surface area contributed by atoms with E-state index < -0.39 is 0 Å². The highest BCUT2D eigenvalue weighted by molar-refractivity contribution is 6.30. The second kappa shape index (κ2) is 7.99. The number of carbonyl (C=O) groups excluding carboxylic acids is 3. The summed E-state index contributed by atoms with van der Waals surface area (Å²) in [4.78, 5) is 39.7. The maximum atomic E-state index is 13.3. The van der Waals surface area contributed by atoms with Crippen LogP contribution < -0.4 is 0 Å². The normalized spacial score (nSPS) is 23.8. The van der Waals surface area contributed by atoms with E-state index in [-0.39, 0.29) is 36.1 Å². The van der Waals surface area contributed by atoms with Crippen molar-refractivity contribution in [1.82, 2.24) is 10.0 Å². The number of hydrazine groups is 1. The largest absolute Gasteiger partial charge is 0.273 e. The Morgan fingerprint density at radius 1 is 1.00 bits per heavy atom. The SMILES string of the molecule is C[C@@H]1CC[C@@H]2C(=O)N(N(Cc3ccccc3)C(=O)c3ccc(Cl)cc3)C(=O)[C@H]2C1. The lowest BCUT2D eigenvalue weighted by Crippen LogP contribution is -2.49. The molecule has 3 amide bonds. The molecule has 0 radical (unpaired) electrons. The van der Waals surface area contributed by atoms with Crippen LogP contribution in [0.3, 0.4) is 0 Å². The zero-order valence-electron chi connectivity index (χ0n) is 16.3. The van der Waals surface area contributed by atoms with Crippen molar-refractivity contribution in [2.75, 3.05) is 0 Å². The fourth-order valence-corrected chi connectivity index (χ4v) is 4.47. The van der Waals surface area contributed by atoms with Crippen LogP contribution in [-0.4, -0.2) is 27.7 Å². The van der Waals surface area contributed by atoms with Crippen LogP contribution >= 0.6 is 11.6 Å². The third-order valence-corrected chi connectivity index (χ3v) is 6.16. The Balaban J connectivity index is 1.69. The van der Waals surface area contributed by atoms with E-state index in [9.17, 15) is 14.4 Å². The molecule has 1 saturated carbocycles. The van der Waals surface area contributed by atoms with Crippen LogP contribution in [0.2, 0.25) is 5.02 Å². The van der Waals surface area contributed by atoms with Gasteiger partial charge in [0.2, 0.25) is 0 Å². The summed E-state index contributed by atoms with van der Waals surface area (Å²) < 4.78 is 0. The van der Waals surface area contributed by atoms with Crippen molar-refractivity contribution in [2.45, 2.75) is 32.7 Å². The fraction of sp³-hybridized carbons (Fsp3) is 0.348. The third-order valence-electron chi connectivity index (χ3n) is 5.91. The maximum Gasteiger partial charge on any atom is 0.273 e. The molecular weight excluding hydrogens is 388 g/mol. The van der Waals surface area contributed by atoms with E-state index in [0.29, 0.717) is 29.3 Å². The molecule has 1 aliphatic heterocycles.